The van der Waals surface area contributed by atoms with E-state index in [0.29, 0.717) is 13.0 Å². The highest BCUT2D eigenvalue weighted by Gasteiger charge is 2.54. The standard InChI is InChI=1S/C23H21NO3/c1-4-10-18(11-5-1)21-16-23(27-24(21)20-14-8-3-9-15-20)25-17-22(26-23)19-12-6-2-7-13-19/h1-15,21-22H,16-17H2/t21-,22-,23-/m0/s1. The van der Waals surface area contributed by atoms with Crippen LogP contribution in [-0.4, -0.2) is 12.6 Å². The number of hydrogen-bond acceptors (Lipinski definition) is 4. The molecule has 0 bridgehead atoms. The number of benzene rings is 3. The molecule has 0 aromatic heterocycles. The molecule has 0 amide bonds. The summed E-state index contributed by atoms with van der Waals surface area (Å²) in [6.45, 7) is 0.480. The molecular weight excluding hydrogens is 338 g/mol. The van der Waals surface area contributed by atoms with Gasteiger partial charge in [0, 0.05) is 0 Å². The second kappa shape index (κ2) is 6.82. The summed E-state index contributed by atoms with van der Waals surface area (Å²) in [7, 11) is 0. The molecule has 2 saturated heterocycles. The van der Waals surface area contributed by atoms with E-state index in [2.05, 4.69) is 24.3 Å². The maximum atomic E-state index is 6.31. The average molecular weight is 359 g/mol. The lowest BCUT2D eigenvalue weighted by Crippen LogP contribution is -2.31. The Bertz CT molecular complexity index is 838. The summed E-state index contributed by atoms with van der Waals surface area (Å²) in [5.41, 5.74) is 3.26. The maximum Gasteiger partial charge on any atom is 0.308 e. The normalized spacial score (nSPS) is 27.3. The zero-order valence-corrected chi connectivity index (χ0v) is 14.9. The molecule has 2 aliphatic rings. The van der Waals surface area contributed by atoms with Crippen LogP contribution in [0.1, 0.15) is 29.7 Å². The van der Waals surface area contributed by atoms with Crippen molar-refractivity contribution < 1.29 is 14.3 Å². The minimum atomic E-state index is -1.06. The van der Waals surface area contributed by atoms with Crippen LogP contribution in [0.3, 0.4) is 0 Å². The first-order valence-corrected chi connectivity index (χ1v) is 9.28. The SMILES string of the molecule is c1ccc([C@@H]2CO[C@@]3(C[C@@H](c4ccccc4)N(c4ccccc4)O3)O2)cc1. The van der Waals surface area contributed by atoms with Crippen molar-refractivity contribution in [3.63, 3.8) is 0 Å². The van der Waals surface area contributed by atoms with Gasteiger partial charge in [0.25, 0.3) is 0 Å². The molecule has 3 aromatic carbocycles. The molecule has 2 fully saturated rings. The van der Waals surface area contributed by atoms with Gasteiger partial charge in [0.1, 0.15) is 6.10 Å². The molecule has 0 radical (unpaired) electrons. The zero-order chi connectivity index (χ0) is 18.1. The number of hydroxylamine groups is 1. The number of para-hydroxylation sites is 1. The van der Waals surface area contributed by atoms with Gasteiger partial charge in [-0.1, -0.05) is 78.9 Å². The fourth-order valence-electron chi connectivity index (χ4n) is 3.78. The van der Waals surface area contributed by atoms with Gasteiger partial charge in [0.05, 0.1) is 24.8 Å². The molecule has 2 heterocycles. The molecule has 27 heavy (non-hydrogen) atoms. The Kier molecular flexibility index (Phi) is 4.17. The van der Waals surface area contributed by atoms with Gasteiger partial charge in [-0.15, -0.1) is 0 Å². The molecule has 5 rings (SSSR count). The molecule has 2 aliphatic heterocycles. The first-order chi connectivity index (χ1) is 13.3. The molecule has 4 heteroatoms. The van der Waals surface area contributed by atoms with Crippen LogP contribution in [0.5, 0.6) is 0 Å². The van der Waals surface area contributed by atoms with E-state index >= 15 is 0 Å². The lowest BCUT2D eigenvalue weighted by molar-refractivity contribution is -0.319. The van der Waals surface area contributed by atoms with Crippen molar-refractivity contribution in [2.45, 2.75) is 24.5 Å². The monoisotopic (exact) mass is 359 g/mol. The first kappa shape index (κ1) is 16.5. The minimum absolute atomic E-state index is 0.0168. The summed E-state index contributed by atoms with van der Waals surface area (Å²) in [5, 5.41) is 1.92. The van der Waals surface area contributed by atoms with Crippen LogP contribution in [0, 0.1) is 0 Å². The third-order valence-electron chi connectivity index (χ3n) is 5.11. The predicted octanol–water partition coefficient (Wildman–Crippen LogP) is 5.01. The van der Waals surface area contributed by atoms with E-state index in [1.165, 1.54) is 5.56 Å². The zero-order valence-electron chi connectivity index (χ0n) is 14.9. The van der Waals surface area contributed by atoms with Crippen molar-refractivity contribution in [3.05, 3.63) is 102 Å². The summed E-state index contributed by atoms with van der Waals surface area (Å²) in [6, 6.07) is 30.6. The lowest BCUT2D eigenvalue weighted by atomic mass is 10.0. The molecule has 136 valence electrons. The van der Waals surface area contributed by atoms with Crippen LogP contribution in [-0.2, 0) is 14.3 Å². The van der Waals surface area contributed by atoms with E-state index < -0.39 is 5.97 Å². The Hall–Kier alpha value is -2.66. The molecule has 4 nitrogen and oxygen atoms in total. The van der Waals surface area contributed by atoms with Crippen molar-refractivity contribution >= 4 is 5.69 Å². The largest absolute Gasteiger partial charge is 0.323 e. The van der Waals surface area contributed by atoms with Crippen LogP contribution in [0.4, 0.5) is 5.69 Å². The molecular formula is C23H21NO3. The quantitative estimate of drug-likeness (QED) is 0.658. The van der Waals surface area contributed by atoms with Gasteiger partial charge < -0.3 is 9.47 Å². The van der Waals surface area contributed by atoms with Crippen molar-refractivity contribution in [1.29, 1.82) is 0 Å². The molecule has 0 unspecified atom stereocenters. The Morgan fingerprint density at radius 2 is 1.33 bits per heavy atom. The highest BCUT2D eigenvalue weighted by atomic mass is 17.0. The highest BCUT2D eigenvalue weighted by molar-refractivity contribution is 5.47. The van der Waals surface area contributed by atoms with Crippen LogP contribution < -0.4 is 5.06 Å². The summed E-state index contributed by atoms with van der Waals surface area (Å²) >= 11 is 0. The van der Waals surface area contributed by atoms with Gasteiger partial charge in [0.15, 0.2) is 0 Å². The van der Waals surface area contributed by atoms with Crippen LogP contribution in [0.15, 0.2) is 91.0 Å². The summed E-state index contributed by atoms with van der Waals surface area (Å²) in [5.74, 6) is -1.06. The number of rotatable bonds is 3. The second-order valence-corrected chi connectivity index (χ2v) is 6.89. The lowest BCUT2D eigenvalue weighted by Gasteiger charge is -2.25. The Morgan fingerprint density at radius 1 is 0.741 bits per heavy atom. The van der Waals surface area contributed by atoms with Gasteiger partial charge in [-0.3, -0.25) is 0 Å². The van der Waals surface area contributed by atoms with Crippen LogP contribution in [0.2, 0.25) is 0 Å². The van der Waals surface area contributed by atoms with E-state index in [-0.39, 0.29) is 12.1 Å². The predicted molar refractivity (Wildman–Crippen MR) is 103 cm³/mol. The van der Waals surface area contributed by atoms with Crippen LogP contribution in [0.25, 0.3) is 0 Å². The van der Waals surface area contributed by atoms with E-state index in [4.69, 9.17) is 14.3 Å². The summed E-state index contributed by atoms with van der Waals surface area (Å²) in [4.78, 5) is 6.30. The molecule has 0 aliphatic carbocycles. The summed E-state index contributed by atoms with van der Waals surface area (Å²) in [6.07, 6.45) is 0.480. The van der Waals surface area contributed by atoms with E-state index in [1.54, 1.807) is 0 Å². The average Bonchev–Trinajstić information content (AvgIpc) is 3.34. The third-order valence-corrected chi connectivity index (χ3v) is 5.11. The van der Waals surface area contributed by atoms with Gasteiger partial charge in [-0.2, -0.15) is 0 Å². The molecule has 1 spiro atoms. The Morgan fingerprint density at radius 3 is 2.00 bits per heavy atom. The fourth-order valence-corrected chi connectivity index (χ4v) is 3.78. The van der Waals surface area contributed by atoms with Gasteiger partial charge >= 0.3 is 5.97 Å². The third kappa shape index (κ3) is 3.12. The van der Waals surface area contributed by atoms with E-state index in [9.17, 15) is 0 Å². The molecule has 0 saturated carbocycles. The maximum absolute atomic E-state index is 6.31. The van der Waals surface area contributed by atoms with Crippen molar-refractivity contribution in [3.8, 4) is 0 Å². The van der Waals surface area contributed by atoms with Crippen molar-refractivity contribution in [2.24, 2.45) is 0 Å². The van der Waals surface area contributed by atoms with Crippen molar-refractivity contribution in [1.82, 2.24) is 0 Å². The topological polar surface area (TPSA) is 30.9 Å². The van der Waals surface area contributed by atoms with E-state index in [0.717, 1.165) is 11.3 Å². The Labute approximate surface area is 158 Å². The number of anilines is 1. The summed E-state index contributed by atoms with van der Waals surface area (Å²) < 4.78 is 12.4. The van der Waals surface area contributed by atoms with E-state index in [1.807, 2.05) is 71.8 Å². The molecule has 3 aromatic rings. The van der Waals surface area contributed by atoms with Gasteiger partial charge in [0.2, 0.25) is 0 Å². The van der Waals surface area contributed by atoms with Crippen LogP contribution >= 0.6 is 0 Å². The molecule has 0 N–H and O–H groups in total. The number of hydrogen-bond donors (Lipinski definition) is 0. The van der Waals surface area contributed by atoms with Gasteiger partial charge in [-0.05, 0) is 23.3 Å². The smallest absolute Gasteiger partial charge is 0.308 e. The number of ether oxygens (including phenoxy) is 2. The minimum Gasteiger partial charge on any atom is -0.323 e. The second-order valence-electron chi connectivity index (χ2n) is 6.89. The number of nitrogens with zero attached hydrogens (tertiary/aromatic N) is 1. The fraction of sp³-hybridized carbons (Fsp3) is 0.217. The molecule has 3 atom stereocenters. The Balaban J connectivity index is 1.46. The van der Waals surface area contributed by atoms with Crippen molar-refractivity contribution in [2.75, 3.05) is 11.7 Å². The first-order valence-electron chi connectivity index (χ1n) is 9.28. The van der Waals surface area contributed by atoms with Gasteiger partial charge in [-0.25, -0.2) is 9.90 Å². The highest BCUT2D eigenvalue weighted by Crippen LogP contribution is 2.49.